The Morgan fingerprint density at radius 1 is 0.956 bits per heavy atom. The number of carbonyl (C=O) groups excluding carboxylic acids is 1. The largest absolute Gasteiger partial charge is 0.493 e. The molecule has 0 aliphatic carbocycles. The fourth-order valence-electron chi connectivity index (χ4n) is 5.52. The van der Waals surface area contributed by atoms with Gasteiger partial charge in [-0.1, -0.05) is 72.0 Å². The number of methoxy groups -OCH3 is 2. The highest BCUT2D eigenvalue weighted by molar-refractivity contribution is 7.07. The molecule has 0 fully saturated rings. The first-order valence-corrected chi connectivity index (χ1v) is 15.3. The molecule has 6 rings (SSSR count). The van der Waals surface area contributed by atoms with Crippen molar-refractivity contribution in [3.63, 3.8) is 0 Å². The molecule has 5 aromatic rings. The molecule has 9 heteroatoms. The summed E-state index contributed by atoms with van der Waals surface area (Å²) in [4.78, 5) is 32.3. The summed E-state index contributed by atoms with van der Waals surface area (Å²) in [5, 5.41) is 2.34. The van der Waals surface area contributed by atoms with Crippen LogP contribution in [0.1, 0.15) is 36.6 Å². The first kappa shape index (κ1) is 29.9. The molecule has 45 heavy (non-hydrogen) atoms. The van der Waals surface area contributed by atoms with E-state index in [0.717, 1.165) is 16.9 Å². The van der Waals surface area contributed by atoms with E-state index in [2.05, 4.69) is 29.3 Å². The van der Waals surface area contributed by atoms with Gasteiger partial charge in [0, 0.05) is 0 Å². The molecule has 0 bridgehead atoms. The number of carbonyl (C=O) groups is 1. The second kappa shape index (κ2) is 12.8. The highest BCUT2D eigenvalue weighted by Crippen LogP contribution is 2.36. The van der Waals surface area contributed by atoms with Crippen LogP contribution in [0.2, 0.25) is 0 Å². The van der Waals surface area contributed by atoms with Crippen molar-refractivity contribution in [2.75, 3.05) is 20.8 Å². The lowest BCUT2D eigenvalue weighted by Crippen LogP contribution is -2.39. The molecule has 1 aliphatic heterocycles. The average Bonchev–Trinajstić information content (AvgIpc) is 3.36. The standard InChI is InChI=1S/C36H32N2O6S/c1-5-43-35(40)32-22(2)37-36-38(33(32)25-15-18-29(41-3)30(20-25)42-4)34(39)31(45-36)19-23-13-16-27(17-14-23)44-21-26-11-8-10-24-9-6-7-12-28(24)26/h6-20,33H,5,21H2,1-4H3/b31-19-. The van der Waals surface area contributed by atoms with Gasteiger partial charge in [0.1, 0.15) is 12.4 Å². The van der Waals surface area contributed by atoms with Gasteiger partial charge in [-0.3, -0.25) is 9.36 Å². The van der Waals surface area contributed by atoms with Gasteiger partial charge in [0.25, 0.3) is 5.56 Å². The predicted octanol–water partition coefficient (Wildman–Crippen LogP) is 5.55. The second-order valence-electron chi connectivity index (χ2n) is 10.4. The minimum atomic E-state index is -0.757. The Bertz CT molecular complexity index is 2110. The van der Waals surface area contributed by atoms with Gasteiger partial charge < -0.3 is 18.9 Å². The lowest BCUT2D eigenvalue weighted by atomic mass is 9.95. The van der Waals surface area contributed by atoms with Gasteiger partial charge in [-0.25, -0.2) is 9.79 Å². The maximum absolute atomic E-state index is 14.0. The molecule has 0 saturated heterocycles. The molecule has 4 aromatic carbocycles. The van der Waals surface area contributed by atoms with E-state index < -0.39 is 12.0 Å². The molecule has 0 spiro atoms. The van der Waals surface area contributed by atoms with E-state index in [1.54, 1.807) is 44.8 Å². The number of ether oxygens (including phenoxy) is 4. The normalized spacial score (nSPS) is 14.6. The Kier molecular flexibility index (Phi) is 8.53. The molecule has 0 radical (unpaired) electrons. The van der Waals surface area contributed by atoms with Gasteiger partial charge in [-0.05, 0) is 71.7 Å². The Labute approximate surface area is 264 Å². The summed E-state index contributed by atoms with van der Waals surface area (Å²) in [7, 11) is 3.10. The van der Waals surface area contributed by atoms with Crippen LogP contribution < -0.4 is 29.1 Å². The van der Waals surface area contributed by atoms with Gasteiger partial charge in [0.2, 0.25) is 0 Å². The third-order valence-corrected chi connectivity index (χ3v) is 8.68. The molecule has 1 unspecified atom stereocenters. The summed E-state index contributed by atoms with van der Waals surface area (Å²) in [6, 6.07) is 26.6. The van der Waals surface area contributed by atoms with Gasteiger partial charge in [-0.2, -0.15) is 0 Å². The van der Waals surface area contributed by atoms with Gasteiger partial charge in [0.05, 0.1) is 42.7 Å². The fourth-order valence-corrected chi connectivity index (χ4v) is 6.57. The Balaban J connectivity index is 1.34. The van der Waals surface area contributed by atoms with Crippen LogP contribution in [0.15, 0.2) is 106 Å². The highest BCUT2D eigenvalue weighted by atomic mass is 32.1. The third kappa shape index (κ3) is 5.86. The number of fused-ring (bicyclic) bond motifs is 2. The van der Waals surface area contributed by atoms with E-state index in [0.29, 0.717) is 44.3 Å². The molecule has 0 amide bonds. The third-order valence-electron chi connectivity index (χ3n) is 7.69. The summed E-state index contributed by atoms with van der Waals surface area (Å²) in [5.74, 6) is 1.23. The van der Waals surface area contributed by atoms with Crippen LogP contribution in [-0.2, 0) is 16.1 Å². The van der Waals surface area contributed by atoms with Crippen molar-refractivity contribution >= 4 is 34.2 Å². The number of rotatable bonds is 9. The van der Waals surface area contributed by atoms with Crippen LogP contribution in [0, 0.1) is 0 Å². The number of esters is 1. The van der Waals surface area contributed by atoms with Crippen molar-refractivity contribution in [2.24, 2.45) is 4.99 Å². The zero-order valence-electron chi connectivity index (χ0n) is 25.4. The predicted molar refractivity (Wildman–Crippen MR) is 175 cm³/mol. The number of nitrogens with zero attached hydrogens (tertiary/aromatic N) is 2. The molecular weight excluding hydrogens is 588 g/mol. The summed E-state index contributed by atoms with van der Waals surface area (Å²) in [6.07, 6.45) is 1.83. The number of allylic oxidation sites excluding steroid dienone is 1. The van der Waals surface area contributed by atoms with E-state index in [-0.39, 0.29) is 12.2 Å². The Morgan fingerprint density at radius 2 is 1.71 bits per heavy atom. The quantitative estimate of drug-likeness (QED) is 0.201. The number of hydrogen-bond acceptors (Lipinski definition) is 8. The van der Waals surface area contributed by atoms with E-state index in [1.165, 1.54) is 22.1 Å². The average molecular weight is 621 g/mol. The summed E-state index contributed by atoms with van der Waals surface area (Å²) in [6.45, 7) is 4.14. The van der Waals surface area contributed by atoms with Crippen LogP contribution in [0.3, 0.4) is 0 Å². The molecule has 0 N–H and O–H groups in total. The fraction of sp³-hybridized carbons (Fsp3) is 0.194. The number of thiazole rings is 1. The Morgan fingerprint density at radius 3 is 2.47 bits per heavy atom. The van der Waals surface area contributed by atoms with Crippen LogP contribution >= 0.6 is 11.3 Å². The number of hydrogen-bond donors (Lipinski definition) is 0. The monoisotopic (exact) mass is 620 g/mol. The van der Waals surface area contributed by atoms with Crippen molar-refractivity contribution in [3.8, 4) is 17.2 Å². The first-order chi connectivity index (χ1) is 21.9. The maximum atomic E-state index is 14.0. The molecule has 2 heterocycles. The molecule has 8 nitrogen and oxygen atoms in total. The highest BCUT2D eigenvalue weighted by Gasteiger charge is 2.34. The molecule has 1 aromatic heterocycles. The van der Waals surface area contributed by atoms with Crippen molar-refractivity contribution in [3.05, 3.63) is 133 Å². The van der Waals surface area contributed by atoms with Crippen LogP contribution in [-0.4, -0.2) is 31.4 Å². The lowest BCUT2D eigenvalue weighted by molar-refractivity contribution is -0.139. The summed E-state index contributed by atoms with van der Waals surface area (Å²) in [5.41, 5.74) is 3.15. The lowest BCUT2D eigenvalue weighted by Gasteiger charge is -2.25. The van der Waals surface area contributed by atoms with Crippen molar-refractivity contribution in [2.45, 2.75) is 26.5 Å². The van der Waals surface area contributed by atoms with E-state index in [9.17, 15) is 9.59 Å². The SMILES string of the molecule is CCOC(=O)C1=C(C)N=c2s/c(=C\c3ccc(OCc4cccc5ccccc45)cc3)c(=O)n2C1c1ccc(OC)c(OC)c1. The first-order valence-electron chi connectivity index (χ1n) is 14.5. The molecule has 1 atom stereocenters. The minimum Gasteiger partial charge on any atom is -0.493 e. The van der Waals surface area contributed by atoms with Gasteiger partial charge in [-0.15, -0.1) is 0 Å². The number of benzene rings is 4. The molecule has 228 valence electrons. The molecule has 1 aliphatic rings. The van der Waals surface area contributed by atoms with Gasteiger partial charge in [0.15, 0.2) is 16.3 Å². The molecular formula is C36H32N2O6S. The van der Waals surface area contributed by atoms with E-state index >= 15 is 0 Å². The van der Waals surface area contributed by atoms with Gasteiger partial charge >= 0.3 is 5.97 Å². The zero-order chi connectivity index (χ0) is 31.5. The van der Waals surface area contributed by atoms with Crippen LogP contribution in [0.4, 0.5) is 0 Å². The van der Waals surface area contributed by atoms with Crippen LogP contribution in [0.25, 0.3) is 16.8 Å². The maximum Gasteiger partial charge on any atom is 0.338 e. The second-order valence-corrected chi connectivity index (χ2v) is 11.4. The smallest absolute Gasteiger partial charge is 0.338 e. The van der Waals surface area contributed by atoms with Crippen molar-refractivity contribution < 1.29 is 23.7 Å². The minimum absolute atomic E-state index is 0.195. The summed E-state index contributed by atoms with van der Waals surface area (Å²) < 4.78 is 24.5. The van der Waals surface area contributed by atoms with E-state index in [1.807, 2.05) is 54.6 Å². The molecule has 0 saturated carbocycles. The van der Waals surface area contributed by atoms with Crippen LogP contribution in [0.5, 0.6) is 17.2 Å². The Hall–Kier alpha value is -5.15. The topological polar surface area (TPSA) is 88.4 Å². The summed E-state index contributed by atoms with van der Waals surface area (Å²) >= 11 is 1.27. The van der Waals surface area contributed by atoms with Crippen molar-refractivity contribution in [1.29, 1.82) is 0 Å². The number of aromatic nitrogens is 1. The van der Waals surface area contributed by atoms with E-state index in [4.69, 9.17) is 18.9 Å². The van der Waals surface area contributed by atoms with Crippen molar-refractivity contribution in [1.82, 2.24) is 4.57 Å². The zero-order valence-corrected chi connectivity index (χ0v) is 26.2.